The smallest absolute Gasteiger partial charge is 0.230 e. The fourth-order valence-electron chi connectivity index (χ4n) is 2.59. The van der Waals surface area contributed by atoms with E-state index in [0.29, 0.717) is 0 Å². The second-order valence-corrected chi connectivity index (χ2v) is 4.75. The molecule has 3 aromatic rings. The van der Waals surface area contributed by atoms with Gasteiger partial charge < -0.3 is 9.32 Å². The van der Waals surface area contributed by atoms with Gasteiger partial charge in [0.05, 0.1) is 6.26 Å². The maximum atomic E-state index is 5.40. The van der Waals surface area contributed by atoms with Crippen LogP contribution in [0.3, 0.4) is 0 Å². The zero-order valence-corrected chi connectivity index (χ0v) is 10.9. The summed E-state index contributed by atoms with van der Waals surface area (Å²) in [7, 11) is 0. The highest BCUT2D eigenvalue weighted by molar-refractivity contribution is 5.66. The van der Waals surface area contributed by atoms with Gasteiger partial charge in [0.15, 0.2) is 5.76 Å². The molecule has 4 rings (SSSR count). The molecular weight excluding hydrogens is 250 g/mol. The van der Waals surface area contributed by atoms with E-state index < -0.39 is 0 Å². The lowest BCUT2D eigenvalue weighted by molar-refractivity contribution is 0.580. The molecule has 3 heterocycles. The first-order valence-electron chi connectivity index (χ1n) is 6.64. The second-order valence-electron chi connectivity index (χ2n) is 4.75. The minimum absolute atomic E-state index is 0.726. The van der Waals surface area contributed by atoms with E-state index in [1.54, 1.807) is 12.5 Å². The van der Waals surface area contributed by atoms with E-state index in [1.807, 2.05) is 24.3 Å². The van der Waals surface area contributed by atoms with Crippen LogP contribution in [0.5, 0.6) is 0 Å². The molecule has 0 saturated heterocycles. The van der Waals surface area contributed by atoms with Crippen molar-refractivity contribution in [3.63, 3.8) is 0 Å². The Bertz CT molecular complexity index is 737. The molecular formula is C16H13N3O. The molecule has 0 spiro atoms. The average molecular weight is 263 g/mol. The summed E-state index contributed by atoms with van der Waals surface area (Å²) in [5.41, 5.74) is 3.35. The van der Waals surface area contributed by atoms with Crippen molar-refractivity contribution in [1.29, 1.82) is 0 Å². The summed E-state index contributed by atoms with van der Waals surface area (Å²) in [6.07, 6.45) is 4.47. The average Bonchev–Trinajstić information content (AvgIpc) is 3.17. The van der Waals surface area contributed by atoms with Crippen LogP contribution in [-0.2, 0) is 6.42 Å². The van der Waals surface area contributed by atoms with Crippen molar-refractivity contribution in [3.8, 4) is 11.5 Å². The lowest BCUT2D eigenvalue weighted by Gasteiger charge is -2.17. The van der Waals surface area contributed by atoms with Gasteiger partial charge in [0.25, 0.3) is 0 Å². The Balaban J connectivity index is 1.76. The van der Waals surface area contributed by atoms with Gasteiger partial charge in [0.2, 0.25) is 5.95 Å². The number of anilines is 2. The number of rotatable bonds is 2. The van der Waals surface area contributed by atoms with Crippen molar-refractivity contribution in [2.45, 2.75) is 6.42 Å². The highest BCUT2D eigenvalue weighted by Crippen LogP contribution is 2.32. The second kappa shape index (κ2) is 4.49. The van der Waals surface area contributed by atoms with Gasteiger partial charge in [-0.1, -0.05) is 18.2 Å². The number of nitrogens with zero attached hydrogens (tertiary/aromatic N) is 3. The van der Waals surface area contributed by atoms with Gasteiger partial charge in [-0.15, -0.1) is 0 Å². The lowest BCUT2D eigenvalue weighted by Crippen LogP contribution is -2.16. The quantitative estimate of drug-likeness (QED) is 0.710. The van der Waals surface area contributed by atoms with Crippen molar-refractivity contribution in [2.75, 3.05) is 11.4 Å². The molecule has 98 valence electrons. The predicted octanol–water partition coefficient (Wildman–Crippen LogP) is 3.43. The largest absolute Gasteiger partial charge is 0.463 e. The summed E-state index contributed by atoms with van der Waals surface area (Å²) in [6, 6.07) is 14.0. The Morgan fingerprint density at radius 2 is 2.00 bits per heavy atom. The normalized spacial score (nSPS) is 13.5. The topological polar surface area (TPSA) is 42.2 Å². The Morgan fingerprint density at radius 3 is 2.90 bits per heavy atom. The maximum Gasteiger partial charge on any atom is 0.230 e. The molecule has 0 fully saturated rings. The van der Waals surface area contributed by atoms with Crippen LogP contribution in [0.2, 0.25) is 0 Å². The van der Waals surface area contributed by atoms with Crippen molar-refractivity contribution in [3.05, 3.63) is 60.5 Å². The molecule has 0 amide bonds. The van der Waals surface area contributed by atoms with Gasteiger partial charge >= 0.3 is 0 Å². The van der Waals surface area contributed by atoms with Crippen LogP contribution in [0.1, 0.15) is 5.56 Å². The van der Waals surface area contributed by atoms with Gasteiger partial charge in [0, 0.05) is 18.4 Å². The molecule has 1 aromatic carbocycles. The Labute approximate surface area is 116 Å². The number of para-hydroxylation sites is 1. The molecule has 0 aliphatic carbocycles. The fraction of sp³-hybridized carbons (Fsp3) is 0.125. The molecule has 0 unspecified atom stereocenters. The van der Waals surface area contributed by atoms with E-state index in [-0.39, 0.29) is 0 Å². The van der Waals surface area contributed by atoms with E-state index >= 15 is 0 Å². The maximum absolute atomic E-state index is 5.40. The minimum Gasteiger partial charge on any atom is -0.463 e. The first-order chi connectivity index (χ1) is 9.92. The first kappa shape index (κ1) is 11.2. The number of aromatic nitrogens is 2. The molecule has 0 bridgehead atoms. The highest BCUT2D eigenvalue weighted by atomic mass is 16.3. The van der Waals surface area contributed by atoms with Crippen molar-refractivity contribution < 1.29 is 4.42 Å². The van der Waals surface area contributed by atoms with Crippen molar-refractivity contribution in [2.24, 2.45) is 0 Å². The fourth-order valence-corrected chi connectivity index (χ4v) is 2.59. The Morgan fingerprint density at radius 1 is 1.05 bits per heavy atom. The van der Waals surface area contributed by atoms with Crippen LogP contribution in [0.4, 0.5) is 11.6 Å². The summed E-state index contributed by atoms with van der Waals surface area (Å²) in [5, 5.41) is 0. The number of benzene rings is 1. The zero-order valence-electron chi connectivity index (χ0n) is 10.9. The van der Waals surface area contributed by atoms with Crippen molar-refractivity contribution in [1.82, 2.24) is 9.97 Å². The molecule has 0 radical (unpaired) electrons. The Hall–Kier alpha value is -2.62. The van der Waals surface area contributed by atoms with E-state index in [0.717, 1.165) is 30.4 Å². The van der Waals surface area contributed by atoms with Crippen LogP contribution in [-0.4, -0.2) is 16.5 Å². The third-order valence-corrected chi connectivity index (χ3v) is 3.55. The summed E-state index contributed by atoms with van der Waals surface area (Å²) in [5.74, 6) is 1.49. The van der Waals surface area contributed by atoms with Crippen LogP contribution in [0.15, 0.2) is 59.3 Å². The van der Waals surface area contributed by atoms with E-state index in [2.05, 4.69) is 33.1 Å². The summed E-state index contributed by atoms with van der Waals surface area (Å²) in [4.78, 5) is 11.2. The third kappa shape index (κ3) is 1.77. The summed E-state index contributed by atoms with van der Waals surface area (Å²) < 4.78 is 5.40. The summed E-state index contributed by atoms with van der Waals surface area (Å²) in [6.45, 7) is 0.918. The van der Waals surface area contributed by atoms with Crippen LogP contribution in [0, 0.1) is 0 Å². The number of hydrogen-bond donors (Lipinski definition) is 0. The number of hydrogen-bond acceptors (Lipinski definition) is 4. The van der Waals surface area contributed by atoms with Gasteiger partial charge in [-0.25, -0.2) is 9.97 Å². The molecule has 0 atom stereocenters. The number of furan rings is 1. The van der Waals surface area contributed by atoms with Crippen LogP contribution >= 0.6 is 0 Å². The van der Waals surface area contributed by atoms with Gasteiger partial charge in [-0.2, -0.15) is 0 Å². The minimum atomic E-state index is 0.726. The third-order valence-electron chi connectivity index (χ3n) is 3.55. The molecule has 1 aliphatic heterocycles. The number of fused-ring (bicyclic) bond motifs is 1. The molecule has 4 nitrogen and oxygen atoms in total. The first-order valence-corrected chi connectivity index (χ1v) is 6.64. The molecule has 0 N–H and O–H groups in total. The van der Waals surface area contributed by atoms with E-state index in [1.165, 1.54) is 11.3 Å². The van der Waals surface area contributed by atoms with Gasteiger partial charge in [-0.05, 0) is 36.2 Å². The Kier molecular flexibility index (Phi) is 2.52. The van der Waals surface area contributed by atoms with Crippen LogP contribution < -0.4 is 4.90 Å². The molecule has 0 saturated carbocycles. The van der Waals surface area contributed by atoms with Crippen molar-refractivity contribution >= 4 is 11.6 Å². The van der Waals surface area contributed by atoms with E-state index in [4.69, 9.17) is 4.42 Å². The molecule has 2 aromatic heterocycles. The molecule has 4 heteroatoms. The van der Waals surface area contributed by atoms with E-state index in [9.17, 15) is 0 Å². The lowest BCUT2D eigenvalue weighted by atomic mass is 10.2. The highest BCUT2D eigenvalue weighted by Gasteiger charge is 2.22. The molecule has 1 aliphatic rings. The monoisotopic (exact) mass is 263 g/mol. The molecule has 20 heavy (non-hydrogen) atoms. The zero-order chi connectivity index (χ0) is 13.4. The predicted molar refractivity (Wildman–Crippen MR) is 76.9 cm³/mol. The van der Waals surface area contributed by atoms with Crippen LogP contribution in [0.25, 0.3) is 11.5 Å². The van der Waals surface area contributed by atoms with Gasteiger partial charge in [-0.3, -0.25) is 0 Å². The SMILES string of the molecule is c1coc(-c2ccnc(N3CCc4ccccc43)n2)c1. The standard InChI is InChI=1S/C16H13N3O/c1-2-5-14-12(4-1)8-10-19(14)16-17-9-7-13(18-16)15-6-3-11-20-15/h1-7,9,11H,8,10H2. The summed E-state index contributed by atoms with van der Waals surface area (Å²) >= 11 is 0. The van der Waals surface area contributed by atoms with Gasteiger partial charge in [0.1, 0.15) is 5.69 Å².